The molecule has 16 heavy (non-hydrogen) atoms. The van der Waals surface area contributed by atoms with Crippen LogP contribution in [-0.2, 0) is 6.42 Å². The fourth-order valence-corrected chi connectivity index (χ4v) is 2.36. The molecule has 0 radical (unpaired) electrons. The van der Waals surface area contributed by atoms with Crippen LogP contribution in [0.4, 0.5) is 5.69 Å². The molecule has 0 spiro atoms. The molecule has 0 bridgehead atoms. The second-order valence-electron chi connectivity index (χ2n) is 4.00. The highest BCUT2D eigenvalue weighted by molar-refractivity contribution is 7.80. The Labute approximate surface area is 99.5 Å². The second-order valence-corrected chi connectivity index (χ2v) is 4.44. The number of nitrogens with two attached hydrogens (primary N) is 1. The van der Waals surface area contributed by atoms with E-state index in [1.54, 1.807) is 0 Å². The van der Waals surface area contributed by atoms with Crippen LogP contribution >= 0.6 is 12.2 Å². The molecule has 0 amide bonds. The van der Waals surface area contributed by atoms with Crippen molar-refractivity contribution in [2.24, 2.45) is 5.73 Å². The van der Waals surface area contributed by atoms with Crippen molar-refractivity contribution in [2.75, 3.05) is 18.1 Å². The molecule has 4 heteroatoms. The summed E-state index contributed by atoms with van der Waals surface area (Å²) in [5.41, 5.74) is 9.14. The lowest BCUT2D eigenvalue weighted by Crippen LogP contribution is -2.33. The molecular weight excluding hydrogens is 220 g/mol. The van der Waals surface area contributed by atoms with Crippen molar-refractivity contribution in [1.82, 2.24) is 0 Å². The van der Waals surface area contributed by atoms with E-state index >= 15 is 0 Å². The van der Waals surface area contributed by atoms with Crippen molar-refractivity contribution in [3.63, 3.8) is 0 Å². The number of anilines is 1. The van der Waals surface area contributed by atoms with E-state index in [0.717, 1.165) is 24.3 Å². The van der Waals surface area contributed by atoms with Crippen molar-refractivity contribution >= 4 is 22.9 Å². The lowest BCUT2D eigenvalue weighted by atomic mass is 9.98. The zero-order valence-electron chi connectivity index (χ0n) is 8.77. The van der Waals surface area contributed by atoms with E-state index in [1.807, 2.05) is 12.1 Å². The fourth-order valence-electron chi connectivity index (χ4n) is 2.24. The lowest BCUT2D eigenvalue weighted by molar-refractivity contribution is 0.312. The Kier molecular flexibility index (Phi) is 2.11. The molecule has 2 aliphatic heterocycles. The van der Waals surface area contributed by atoms with Gasteiger partial charge < -0.3 is 15.4 Å². The third kappa shape index (κ3) is 1.38. The summed E-state index contributed by atoms with van der Waals surface area (Å²) in [5, 5.41) is 0. The SMILES string of the molecule is NC(=S)C1=CN2CCOc3cccc(c32)C1. The van der Waals surface area contributed by atoms with Gasteiger partial charge in [-0.05, 0) is 11.6 Å². The van der Waals surface area contributed by atoms with Crippen LogP contribution in [0.2, 0.25) is 0 Å². The van der Waals surface area contributed by atoms with Crippen LogP contribution in [0.5, 0.6) is 5.75 Å². The molecule has 0 saturated carbocycles. The first-order valence-corrected chi connectivity index (χ1v) is 5.68. The largest absolute Gasteiger partial charge is 0.490 e. The standard InChI is InChI=1S/C12H12N2OS/c13-12(16)9-6-8-2-1-3-10-11(8)14(7-9)4-5-15-10/h1-3,7H,4-6H2,(H2,13,16). The van der Waals surface area contributed by atoms with E-state index in [-0.39, 0.29) is 0 Å². The van der Waals surface area contributed by atoms with Crippen LogP contribution in [-0.4, -0.2) is 18.1 Å². The fraction of sp³-hybridized carbons (Fsp3) is 0.250. The number of benzene rings is 1. The molecule has 2 N–H and O–H groups in total. The Morgan fingerprint density at radius 1 is 1.44 bits per heavy atom. The van der Waals surface area contributed by atoms with Gasteiger partial charge in [-0.3, -0.25) is 0 Å². The van der Waals surface area contributed by atoms with Crippen LogP contribution in [0, 0.1) is 0 Å². The molecule has 2 heterocycles. The number of para-hydroxylation sites is 1. The Balaban J connectivity index is 2.13. The van der Waals surface area contributed by atoms with Gasteiger partial charge in [0.15, 0.2) is 0 Å². The minimum atomic E-state index is 0.488. The predicted molar refractivity (Wildman–Crippen MR) is 67.9 cm³/mol. The first-order valence-electron chi connectivity index (χ1n) is 5.27. The Morgan fingerprint density at radius 2 is 2.31 bits per heavy atom. The van der Waals surface area contributed by atoms with Crippen LogP contribution in [0.25, 0.3) is 0 Å². The minimum absolute atomic E-state index is 0.488. The third-order valence-electron chi connectivity index (χ3n) is 2.97. The number of thiocarbonyl (C=S) groups is 1. The molecule has 1 aromatic rings. The predicted octanol–water partition coefficient (Wildman–Crippen LogP) is 1.61. The van der Waals surface area contributed by atoms with Crippen molar-refractivity contribution in [3.8, 4) is 5.75 Å². The molecule has 0 atom stereocenters. The van der Waals surface area contributed by atoms with E-state index < -0.39 is 0 Å². The summed E-state index contributed by atoms with van der Waals surface area (Å²) >= 11 is 5.05. The summed E-state index contributed by atoms with van der Waals surface area (Å²) in [6.45, 7) is 1.56. The van der Waals surface area contributed by atoms with E-state index in [9.17, 15) is 0 Å². The highest BCUT2D eigenvalue weighted by Gasteiger charge is 2.25. The highest BCUT2D eigenvalue weighted by Crippen LogP contribution is 2.39. The van der Waals surface area contributed by atoms with Gasteiger partial charge >= 0.3 is 0 Å². The molecular formula is C12H12N2OS. The summed E-state index contributed by atoms with van der Waals surface area (Å²) in [6.07, 6.45) is 2.86. The van der Waals surface area contributed by atoms with Gasteiger partial charge in [-0.25, -0.2) is 0 Å². The summed E-state index contributed by atoms with van der Waals surface area (Å²) in [6, 6.07) is 6.12. The van der Waals surface area contributed by atoms with Gasteiger partial charge in [0.25, 0.3) is 0 Å². The van der Waals surface area contributed by atoms with Gasteiger partial charge in [-0.2, -0.15) is 0 Å². The third-order valence-corrected chi connectivity index (χ3v) is 3.23. The monoisotopic (exact) mass is 232 g/mol. The van der Waals surface area contributed by atoms with E-state index in [4.69, 9.17) is 22.7 Å². The molecule has 3 rings (SSSR count). The normalized spacial score (nSPS) is 17.2. The maximum atomic E-state index is 5.70. The number of ether oxygens (including phenoxy) is 1. The number of hydrogen-bond donors (Lipinski definition) is 1. The smallest absolute Gasteiger partial charge is 0.143 e. The summed E-state index contributed by atoms with van der Waals surface area (Å²) < 4.78 is 5.63. The number of hydrogen-bond acceptors (Lipinski definition) is 3. The average molecular weight is 232 g/mol. The molecule has 1 aromatic carbocycles. The van der Waals surface area contributed by atoms with Crippen molar-refractivity contribution < 1.29 is 4.74 Å². The zero-order chi connectivity index (χ0) is 11.1. The van der Waals surface area contributed by atoms with Gasteiger partial charge in [0.2, 0.25) is 0 Å². The summed E-state index contributed by atoms with van der Waals surface area (Å²) in [7, 11) is 0. The molecule has 0 saturated heterocycles. The van der Waals surface area contributed by atoms with Crippen LogP contribution in [0.3, 0.4) is 0 Å². The topological polar surface area (TPSA) is 38.5 Å². The molecule has 0 fully saturated rings. The number of rotatable bonds is 1. The molecule has 0 aliphatic carbocycles. The van der Waals surface area contributed by atoms with Gasteiger partial charge in [0, 0.05) is 18.2 Å². The van der Waals surface area contributed by atoms with Crippen molar-refractivity contribution in [1.29, 1.82) is 0 Å². The minimum Gasteiger partial charge on any atom is -0.490 e. The van der Waals surface area contributed by atoms with E-state index in [0.29, 0.717) is 11.6 Å². The highest BCUT2D eigenvalue weighted by atomic mass is 32.1. The van der Waals surface area contributed by atoms with Crippen molar-refractivity contribution in [2.45, 2.75) is 6.42 Å². The Hall–Kier alpha value is -1.55. The molecule has 2 aliphatic rings. The van der Waals surface area contributed by atoms with Gasteiger partial charge in [0.05, 0.1) is 12.2 Å². The molecule has 0 aromatic heterocycles. The number of nitrogens with zero attached hydrogens (tertiary/aromatic N) is 1. The average Bonchev–Trinajstić information content (AvgIpc) is 2.29. The lowest BCUT2D eigenvalue weighted by Gasteiger charge is -2.34. The Bertz CT molecular complexity index is 496. The molecule has 0 unspecified atom stereocenters. The molecule has 3 nitrogen and oxygen atoms in total. The van der Waals surface area contributed by atoms with Crippen LogP contribution < -0.4 is 15.4 Å². The summed E-state index contributed by atoms with van der Waals surface area (Å²) in [5.74, 6) is 0.960. The second kappa shape index (κ2) is 3.49. The van der Waals surface area contributed by atoms with E-state index in [2.05, 4.69) is 17.2 Å². The zero-order valence-corrected chi connectivity index (χ0v) is 9.59. The van der Waals surface area contributed by atoms with Gasteiger partial charge in [-0.1, -0.05) is 24.4 Å². The van der Waals surface area contributed by atoms with Crippen molar-refractivity contribution in [3.05, 3.63) is 35.5 Å². The van der Waals surface area contributed by atoms with Crippen LogP contribution in [0.1, 0.15) is 5.56 Å². The quantitative estimate of drug-likeness (QED) is 0.747. The maximum Gasteiger partial charge on any atom is 0.143 e. The Morgan fingerprint density at radius 3 is 3.12 bits per heavy atom. The van der Waals surface area contributed by atoms with Crippen LogP contribution in [0.15, 0.2) is 30.0 Å². The molecule has 82 valence electrons. The maximum absolute atomic E-state index is 5.70. The van der Waals surface area contributed by atoms with Gasteiger partial charge in [0.1, 0.15) is 17.3 Å². The first-order chi connectivity index (χ1) is 7.75. The van der Waals surface area contributed by atoms with Gasteiger partial charge in [-0.15, -0.1) is 0 Å². The summed E-state index contributed by atoms with van der Waals surface area (Å²) in [4.78, 5) is 2.68. The first kappa shape index (κ1) is 9.66. The van der Waals surface area contributed by atoms with E-state index in [1.165, 1.54) is 11.3 Å².